The number of carbonyl (C=O) groups excluding carboxylic acids is 1. The van der Waals surface area contributed by atoms with Crippen LogP contribution in [0.2, 0.25) is 5.02 Å². The minimum absolute atomic E-state index is 0.0991. The van der Waals surface area contributed by atoms with Gasteiger partial charge in [0.25, 0.3) is 0 Å². The van der Waals surface area contributed by atoms with Crippen molar-refractivity contribution in [2.75, 3.05) is 5.32 Å². The molecule has 0 saturated carbocycles. The van der Waals surface area contributed by atoms with Crippen molar-refractivity contribution in [3.63, 3.8) is 0 Å². The summed E-state index contributed by atoms with van der Waals surface area (Å²) in [6.07, 6.45) is 1.10. The van der Waals surface area contributed by atoms with E-state index in [-0.39, 0.29) is 11.9 Å². The maximum Gasteiger partial charge on any atom is 0.225 e. The SMILES string of the molecule is CCC(N)CC(=O)Nc1cc(Cl)ccc1Br. The highest BCUT2D eigenvalue weighted by Crippen LogP contribution is 2.25. The third-order valence-corrected chi connectivity index (χ3v) is 3.10. The average Bonchev–Trinajstić information content (AvgIpc) is 2.23. The number of benzene rings is 1. The molecule has 3 N–H and O–H groups in total. The van der Waals surface area contributed by atoms with Gasteiger partial charge in [0.2, 0.25) is 5.91 Å². The molecule has 1 amide bonds. The predicted octanol–water partition coefficient (Wildman–Crippen LogP) is 3.17. The molecule has 3 nitrogen and oxygen atoms in total. The maximum atomic E-state index is 11.6. The molecule has 1 aromatic carbocycles. The van der Waals surface area contributed by atoms with E-state index in [0.29, 0.717) is 17.1 Å². The molecular weight excluding hydrogens is 291 g/mol. The number of amides is 1. The quantitative estimate of drug-likeness (QED) is 0.897. The minimum atomic E-state index is -0.0997. The Morgan fingerprint density at radius 2 is 2.31 bits per heavy atom. The standard InChI is InChI=1S/C11H14BrClN2O/c1-2-8(14)6-11(16)15-10-5-7(13)3-4-9(10)12/h3-5,8H,2,6,14H2,1H3,(H,15,16). The highest BCUT2D eigenvalue weighted by atomic mass is 79.9. The number of hydrogen-bond donors (Lipinski definition) is 2. The molecule has 0 aliphatic carbocycles. The van der Waals surface area contributed by atoms with Gasteiger partial charge in [0, 0.05) is 22.0 Å². The number of halogens is 2. The zero-order valence-electron chi connectivity index (χ0n) is 8.97. The van der Waals surface area contributed by atoms with Crippen LogP contribution < -0.4 is 11.1 Å². The van der Waals surface area contributed by atoms with Crippen LogP contribution in [-0.4, -0.2) is 11.9 Å². The van der Waals surface area contributed by atoms with Gasteiger partial charge in [-0.1, -0.05) is 18.5 Å². The molecule has 5 heteroatoms. The van der Waals surface area contributed by atoms with Crippen LogP contribution in [0.1, 0.15) is 19.8 Å². The Balaban J connectivity index is 2.65. The van der Waals surface area contributed by atoms with Gasteiger partial charge in [-0.05, 0) is 40.5 Å². The lowest BCUT2D eigenvalue weighted by molar-refractivity contribution is -0.116. The van der Waals surface area contributed by atoms with E-state index in [9.17, 15) is 4.79 Å². The van der Waals surface area contributed by atoms with Crippen molar-refractivity contribution >= 4 is 39.1 Å². The van der Waals surface area contributed by atoms with Crippen molar-refractivity contribution in [2.24, 2.45) is 5.73 Å². The second-order valence-corrected chi connectivity index (χ2v) is 4.84. The molecule has 1 rings (SSSR count). The first kappa shape index (κ1) is 13.5. The summed E-state index contributed by atoms with van der Waals surface area (Å²) < 4.78 is 0.801. The first-order valence-corrected chi connectivity index (χ1v) is 6.20. The summed E-state index contributed by atoms with van der Waals surface area (Å²) in [5, 5.41) is 3.35. The lowest BCUT2D eigenvalue weighted by Gasteiger charge is -2.10. The van der Waals surface area contributed by atoms with Crippen LogP contribution in [-0.2, 0) is 4.79 Å². The van der Waals surface area contributed by atoms with E-state index in [1.165, 1.54) is 0 Å². The summed E-state index contributed by atoms with van der Waals surface area (Å²) in [5.74, 6) is -0.0997. The lowest BCUT2D eigenvalue weighted by Crippen LogP contribution is -2.26. The van der Waals surface area contributed by atoms with Gasteiger partial charge in [-0.3, -0.25) is 4.79 Å². The fraction of sp³-hybridized carbons (Fsp3) is 0.364. The monoisotopic (exact) mass is 304 g/mol. The zero-order chi connectivity index (χ0) is 12.1. The molecule has 0 aliphatic rings. The van der Waals surface area contributed by atoms with Gasteiger partial charge in [0.05, 0.1) is 5.69 Å². The Morgan fingerprint density at radius 3 is 2.94 bits per heavy atom. The number of nitrogens with two attached hydrogens (primary N) is 1. The van der Waals surface area contributed by atoms with Crippen LogP contribution in [0, 0.1) is 0 Å². The molecule has 0 spiro atoms. The van der Waals surface area contributed by atoms with Crippen LogP contribution in [0.4, 0.5) is 5.69 Å². The van der Waals surface area contributed by atoms with E-state index in [4.69, 9.17) is 17.3 Å². The van der Waals surface area contributed by atoms with Gasteiger partial charge >= 0.3 is 0 Å². The van der Waals surface area contributed by atoms with Crippen LogP contribution in [0.5, 0.6) is 0 Å². The number of carbonyl (C=O) groups is 1. The van der Waals surface area contributed by atoms with Gasteiger partial charge in [-0.15, -0.1) is 0 Å². The van der Waals surface area contributed by atoms with Gasteiger partial charge < -0.3 is 11.1 Å². The number of anilines is 1. The van der Waals surface area contributed by atoms with E-state index in [0.717, 1.165) is 10.9 Å². The molecule has 0 fully saturated rings. The Hall–Kier alpha value is -0.580. The molecule has 0 heterocycles. The number of rotatable bonds is 4. The number of hydrogen-bond acceptors (Lipinski definition) is 2. The fourth-order valence-corrected chi connectivity index (χ4v) is 1.69. The Bertz CT molecular complexity index is 384. The summed E-state index contributed by atoms with van der Waals surface area (Å²) in [4.78, 5) is 11.6. The topological polar surface area (TPSA) is 55.1 Å². The van der Waals surface area contributed by atoms with Crippen LogP contribution in [0.3, 0.4) is 0 Å². The van der Waals surface area contributed by atoms with E-state index in [1.807, 2.05) is 6.92 Å². The molecule has 1 atom stereocenters. The van der Waals surface area contributed by atoms with Crippen molar-refractivity contribution < 1.29 is 4.79 Å². The second-order valence-electron chi connectivity index (χ2n) is 3.54. The molecule has 1 aromatic rings. The first-order chi connectivity index (χ1) is 7.52. The molecule has 0 aromatic heterocycles. The van der Waals surface area contributed by atoms with Crippen LogP contribution in [0.25, 0.3) is 0 Å². The van der Waals surface area contributed by atoms with Gasteiger partial charge in [-0.2, -0.15) is 0 Å². The highest BCUT2D eigenvalue weighted by molar-refractivity contribution is 9.10. The van der Waals surface area contributed by atoms with E-state index >= 15 is 0 Å². The van der Waals surface area contributed by atoms with Crippen LogP contribution >= 0.6 is 27.5 Å². The summed E-state index contributed by atoms with van der Waals surface area (Å²) in [6, 6.07) is 5.13. The molecule has 0 saturated heterocycles. The summed E-state index contributed by atoms with van der Waals surface area (Å²) >= 11 is 9.17. The summed E-state index contributed by atoms with van der Waals surface area (Å²) in [6.45, 7) is 1.95. The van der Waals surface area contributed by atoms with E-state index < -0.39 is 0 Å². The maximum absolute atomic E-state index is 11.6. The van der Waals surface area contributed by atoms with Gasteiger partial charge in [0.15, 0.2) is 0 Å². The molecule has 0 radical (unpaired) electrons. The number of nitrogens with one attached hydrogen (secondary N) is 1. The van der Waals surface area contributed by atoms with E-state index in [1.54, 1.807) is 18.2 Å². The minimum Gasteiger partial charge on any atom is -0.327 e. The van der Waals surface area contributed by atoms with Gasteiger partial charge in [0.1, 0.15) is 0 Å². The normalized spacial score (nSPS) is 12.2. The van der Waals surface area contributed by atoms with E-state index in [2.05, 4.69) is 21.2 Å². The lowest BCUT2D eigenvalue weighted by atomic mass is 10.1. The fourth-order valence-electron chi connectivity index (χ4n) is 1.18. The summed E-state index contributed by atoms with van der Waals surface area (Å²) in [5.41, 5.74) is 6.36. The highest BCUT2D eigenvalue weighted by Gasteiger charge is 2.09. The molecule has 0 bridgehead atoms. The molecular formula is C11H14BrClN2O. The molecule has 0 aliphatic heterocycles. The average molecular weight is 306 g/mol. The summed E-state index contributed by atoms with van der Waals surface area (Å²) in [7, 11) is 0. The first-order valence-electron chi connectivity index (χ1n) is 5.03. The Morgan fingerprint density at radius 1 is 1.62 bits per heavy atom. The van der Waals surface area contributed by atoms with Crippen molar-refractivity contribution in [1.29, 1.82) is 0 Å². The second kappa shape index (κ2) is 6.23. The Labute approximate surface area is 108 Å². The van der Waals surface area contributed by atoms with Crippen molar-refractivity contribution in [2.45, 2.75) is 25.8 Å². The largest absolute Gasteiger partial charge is 0.327 e. The van der Waals surface area contributed by atoms with Gasteiger partial charge in [-0.25, -0.2) is 0 Å². The molecule has 1 unspecified atom stereocenters. The predicted molar refractivity (Wildman–Crippen MR) is 70.7 cm³/mol. The molecule has 16 heavy (non-hydrogen) atoms. The molecule has 88 valence electrons. The Kier molecular flexibility index (Phi) is 5.25. The van der Waals surface area contributed by atoms with Crippen molar-refractivity contribution in [3.05, 3.63) is 27.7 Å². The van der Waals surface area contributed by atoms with Crippen LogP contribution in [0.15, 0.2) is 22.7 Å². The van der Waals surface area contributed by atoms with Crippen molar-refractivity contribution in [1.82, 2.24) is 0 Å². The zero-order valence-corrected chi connectivity index (χ0v) is 11.3. The third kappa shape index (κ3) is 4.12. The third-order valence-electron chi connectivity index (χ3n) is 2.17. The van der Waals surface area contributed by atoms with Crippen molar-refractivity contribution in [3.8, 4) is 0 Å². The smallest absolute Gasteiger partial charge is 0.225 e.